The highest BCUT2D eigenvalue weighted by Crippen LogP contribution is 2.18. The second kappa shape index (κ2) is 8.27. The molecule has 3 rings (SSSR count). The molecule has 4 nitrogen and oxygen atoms in total. The van der Waals surface area contributed by atoms with Crippen LogP contribution >= 0.6 is 15.9 Å². The van der Waals surface area contributed by atoms with Crippen LogP contribution in [0.1, 0.15) is 36.0 Å². The maximum absolute atomic E-state index is 12.5. The smallest absolute Gasteiger partial charge is 0.253 e. The van der Waals surface area contributed by atoms with Crippen molar-refractivity contribution in [1.82, 2.24) is 9.80 Å². The van der Waals surface area contributed by atoms with Gasteiger partial charge in [-0.3, -0.25) is 4.79 Å². The molecule has 5 heteroatoms. The summed E-state index contributed by atoms with van der Waals surface area (Å²) in [5, 5.41) is 0. The van der Waals surface area contributed by atoms with Gasteiger partial charge in [0.15, 0.2) is 0 Å². The van der Waals surface area contributed by atoms with Crippen molar-refractivity contribution in [1.29, 1.82) is 0 Å². The first-order valence-electron chi connectivity index (χ1n) is 8.61. The van der Waals surface area contributed by atoms with Crippen molar-refractivity contribution in [3.8, 4) is 0 Å². The van der Waals surface area contributed by atoms with Crippen molar-refractivity contribution in [3.63, 3.8) is 0 Å². The van der Waals surface area contributed by atoms with E-state index in [0.717, 1.165) is 42.7 Å². The van der Waals surface area contributed by atoms with Crippen LogP contribution in [0.25, 0.3) is 0 Å². The average molecular weight is 381 g/mol. The van der Waals surface area contributed by atoms with Crippen LogP contribution in [0.3, 0.4) is 0 Å². The molecule has 2 fully saturated rings. The molecule has 126 valence electrons. The number of halogens is 1. The molecule has 0 N–H and O–H groups in total. The van der Waals surface area contributed by atoms with Crippen molar-refractivity contribution >= 4 is 21.8 Å². The molecular formula is C18H25BrN2O2. The van der Waals surface area contributed by atoms with E-state index in [1.54, 1.807) is 0 Å². The minimum Gasteiger partial charge on any atom is -0.375 e. The van der Waals surface area contributed by atoms with Crippen LogP contribution in [0.15, 0.2) is 28.7 Å². The van der Waals surface area contributed by atoms with Gasteiger partial charge in [0.1, 0.15) is 0 Å². The largest absolute Gasteiger partial charge is 0.375 e. The summed E-state index contributed by atoms with van der Waals surface area (Å²) in [6, 6.07) is 7.57. The number of benzene rings is 1. The van der Waals surface area contributed by atoms with Gasteiger partial charge in [-0.25, -0.2) is 0 Å². The van der Waals surface area contributed by atoms with Gasteiger partial charge in [0.2, 0.25) is 0 Å². The van der Waals surface area contributed by atoms with Gasteiger partial charge in [-0.2, -0.15) is 0 Å². The Morgan fingerprint density at radius 1 is 1.13 bits per heavy atom. The number of amides is 1. The Balaban J connectivity index is 1.41. The zero-order valence-electron chi connectivity index (χ0n) is 13.5. The molecule has 2 saturated heterocycles. The fourth-order valence-electron chi connectivity index (χ4n) is 3.36. The van der Waals surface area contributed by atoms with E-state index < -0.39 is 0 Å². The molecule has 0 bridgehead atoms. The molecule has 1 aromatic rings. The lowest BCUT2D eigenvalue weighted by Gasteiger charge is -2.26. The summed E-state index contributed by atoms with van der Waals surface area (Å²) >= 11 is 3.40. The van der Waals surface area contributed by atoms with E-state index in [0.29, 0.717) is 0 Å². The molecule has 1 aromatic carbocycles. The SMILES string of the molecule is O=C(c1ccc(Br)cc1)N1CCC(OCCN2CCCCC2)C1. The van der Waals surface area contributed by atoms with Crippen LogP contribution in [0, 0.1) is 0 Å². The highest BCUT2D eigenvalue weighted by Gasteiger charge is 2.27. The van der Waals surface area contributed by atoms with Crippen LogP contribution < -0.4 is 0 Å². The summed E-state index contributed by atoms with van der Waals surface area (Å²) in [7, 11) is 0. The number of carbonyl (C=O) groups is 1. The number of carbonyl (C=O) groups excluding carboxylic acids is 1. The quantitative estimate of drug-likeness (QED) is 0.786. The lowest BCUT2D eigenvalue weighted by Crippen LogP contribution is -2.34. The molecule has 1 amide bonds. The molecule has 0 aromatic heterocycles. The summed E-state index contributed by atoms with van der Waals surface area (Å²) in [5.41, 5.74) is 0.752. The Kier molecular flexibility index (Phi) is 6.08. The first-order chi connectivity index (χ1) is 11.2. The number of nitrogens with zero attached hydrogens (tertiary/aromatic N) is 2. The average Bonchev–Trinajstić information content (AvgIpc) is 3.05. The Morgan fingerprint density at radius 3 is 2.61 bits per heavy atom. The molecule has 2 heterocycles. The van der Waals surface area contributed by atoms with E-state index >= 15 is 0 Å². The Hall–Kier alpha value is -0.910. The van der Waals surface area contributed by atoms with Crippen LogP contribution in [0.5, 0.6) is 0 Å². The van der Waals surface area contributed by atoms with E-state index in [9.17, 15) is 4.79 Å². The third-order valence-corrected chi connectivity index (χ3v) is 5.26. The van der Waals surface area contributed by atoms with E-state index in [2.05, 4.69) is 20.8 Å². The molecular weight excluding hydrogens is 356 g/mol. The molecule has 0 aliphatic carbocycles. The number of ether oxygens (including phenoxy) is 1. The molecule has 23 heavy (non-hydrogen) atoms. The fraction of sp³-hybridized carbons (Fsp3) is 0.611. The number of hydrogen-bond donors (Lipinski definition) is 0. The van der Waals surface area contributed by atoms with Crippen molar-refractivity contribution in [2.75, 3.05) is 39.3 Å². The second-order valence-corrected chi connectivity index (χ2v) is 7.36. The molecule has 1 unspecified atom stereocenters. The monoisotopic (exact) mass is 380 g/mol. The van der Waals surface area contributed by atoms with Gasteiger partial charge in [0, 0.05) is 29.7 Å². The molecule has 2 aliphatic rings. The first-order valence-corrected chi connectivity index (χ1v) is 9.40. The van der Waals surface area contributed by atoms with Gasteiger partial charge in [0.05, 0.1) is 12.7 Å². The molecule has 0 saturated carbocycles. The third-order valence-electron chi connectivity index (χ3n) is 4.73. The van der Waals surface area contributed by atoms with Crippen LogP contribution in [-0.2, 0) is 4.74 Å². The topological polar surface area (TPSA) is 32.8 Å². The maximum Gasteiger partial charge on any atom is 0.253 e. The third kappa shape index (κ3) is 4.78. The van der Waals surface area contributed by atoms with Crippen LogP contribution in [-0.4, -0.2) is 61.1 Å². The standard InChI is InChI=1S/C18H25BrN2O2/c19-16-6-4-15(5-7-16)18(22)21-11-8-17(14-21)23-13-12-20-9-2-1-3-10-20/h4-7,17H,1-3,8-14H2. The minimum absolute atomic E-state index is 0.111. The predicted octanol–water partition coefficient (Wildman–Crippen LogP) is 3.17. The first kappa shape index (κ1) is 16.9. The highest BCUT2D eigenvalue weighted by molar-refractivity contribution is 9.10. The van der Waals surface area contributed by atoms with Gasteiger partial charge in [0.25, 0.3) is 5.91 Å². The fourth-order valence-corrected chi connectivity index (χ4v) is 3.62. The number of likely N-dealkylation sites (tertiary alicyclic amines) is 2. The zero-order valence-corrected chi connectivity index (χ0v) is 15.1. The lowest BCUT2D eigenvalue weighted by molar-refractivity contribution is 0.0379. The summed E-state index contributed by atoms with van der Waals surface area (Å²) in [6.07, 6.45) is 5.15. The van der Waals surface area contributed by atoms with Crippen molar-refractivity contribution in [3.05, 3.63) is 34.3 Å². The van der Waals surface area contributed by atoms with Gasteiger partial charge in [-0.15, -0.1) is 0 Å². The predicted molar refractivity (Wildman–Crippen MR) is 94.7 cm³/mol. The van der Waals surface area contributed by atoms with Gasteiger partial charge < -0.3 is 14.5 Å². The van der Waals surface area contributed by atoms with Gasteiger partial charge >= 0.3 is 0 Å². The lowest BCUT2D eigenvalue weighted by atomic mass is 10.1. The summed E-state index contributed by atoms with van der Waals surface area (Å²) in [4.78, 5) is 16.9. The number of piperidine rings is 1. The number of rotatable bonds is 5. The zero-order chi connectivity index (χ0) is 16.1. The van der Waals surface area contributed by atoms with E-state index in [-0.39, 0.29) is 12.0 Å². The Bertz CT molecular complexity index is 514. The van der Waals surface area contributed by atoms with Crippen LogP contribution in [0.4, 0.5) is 0 Å². The maximum atomic E-state index is 12.5. The number of hydrogen-bond acceptors (Lipinski definition) is 3. The van der Waals surface area contributed by atoms with Crippen molar-refractivity contribution < 1.29 is 9.53 Å². The summed E-state index contributed by atoms with van der Waals surface area (Å²) < 4.78 is 6.99. The van der Waals surface area contributed by atoms with Crippen LogP contribution in [0.2, 0.25) is 0 Å². The summed E-state index contributed by atoms with van der Waals surface area (Å²) in [5.74, 6) is 0.111. The van der Waals surface area contributed by atoms with E-state index in [4.69, 9.17) is 4.74 Å². The normalized spacial score (nSPS) is 22.5. The Morgan fingerprint density at radius 2 is 1.87 bits per heavy atom. The van der Waals surface area contributed by atoms with Gasteiger partial charge in [-0.05, 0) is 56.6 Å². The minimum atomic E-state index is 0.111. The molecule has 0 radical (unpaired) electrons. The molecule has 1 atom stereocenters. The van der Waals surface area contributed by atoms with Crippen molar-refractivity contribution in [2.24, 2.45) is 0 Å². The highest BCUT2D eigenvalue weighted by atomic mass is 79.9. The second-order valence-electron chi connectivity index (χ2n) is 6.44. The summed E-state index contributed by atoms with van der Waals surface area (Å²) in [6.45, 7) is 5.74. The molecule has 0 spiro atoms. The molecule has 2 aliphatic heterocycles. The van der Waals surface area contributed by atoms with E-state index in [1.165, 1.54) is 32.4 Å². The van der Waals surface area contributed by atoms with Gasteiger partial charge in [-0.1, -0.05) is 22.4 Å². The Labute approximate surface area is 146 Å². The van der Waals surface area contributed by atoms with Crippen molar-refractivity contribution in [2.45, 2.75) is 31.8 Å². The van der Waals surface area contributed by atoms with E-state index in [1.807, 2.05) is 29.2 Å².